The SMILES string of the molecule is CCCCC[C@@H](C(=O)NCNC(=O)c1ccc(-c2cc(OCC)cc(C(=O)N[C@@H](CCC(=O)O)C(=O)OC(C)(C)C)c2)o1)[C@@H](CC)N(O)C=O. The second kappa shape index (κ2) is 19.9. The molecule has 1 heterocycles. The molecule has 0 unspecified atom stereocenters. The van der Waals surface area contributed by atoms with Crippen LogP contribution in [0.5, 0.6) is 5.75 Å². The summed E-state index contributed by atoms with van der Waals surface area (Å²) in [6, 6.07) is 5.50. The van der Waals surface area contributed by atoms with Crippen LogP contribution >= 0.6 is 0 Å². The molecular formula is C35H50N4O11. The quantitative estimate of drug-likeness (QED) is 0.0309. The number of hydrogen-bond acceptors (Lipinski definition) is 10. The Hall–Kier alpha value is -4.92. The van der Waals surface area contributed by atoms with Crippen molar-refractivity contribution in [1.82, 2.24) is 21.0 Å². The minimum atomic E-state index is -1.23. The van der Waals surface area contributed by atoms with Crippen molar-refractivity contribution in [3.63, 3.8) is 0 Å². The second-order valence-electron chi connectivity index (χ2n) is 12.6. The molecule has 276 valence electrons. The number of ether oxygens (including phenoxy) is 2. The second-order valence-corrected chi connectivity index (χ2v) is 12.6. The van der Waals surface area contributed by atoms with Crippen molar-refractivity contribution in [2.24, 2.45) is 5.92 Å². The van der Waals surface area contributed by atoms with Crippen molar-refractivity contribution in [2.45, 2.75) is 104 Å². The van der Waals surface area contributed by atoms with Crippen molar-refractivity contribution >= 4 is 36.1 Å². The summed E-state index contributed by atoms with van der Waals surface area (Å²) in [6.45, 7) is 10.5. The first kappa shape index (κ1) is 41.3. The number of aliphatic carboxylic acids is 1. The Morgan fingerprint density at radius 1 is 0.980 bits per heavy atom. The molecule has 15 nitrogen and oxygen atoms in total. The smallest absolute Gasteiger partial charge is 0.329 e. The van der Waals surface area contributed by atoms with Crippen molar-refractivity contribution in [3.8, 4) is 17.1 Å². The van der Waals surface area contributed by atoms with E-state index in [-0.39, 0.29) is 49.6 Å². The fourth-order valence-corrected chi connectivity index (χ4v) is 5.15. The van der Waals surface area contributed by atoms with Gasteiger partial charge in [-0.1, -0.05) is 33.1 Å². The van der Waals surface area contributed by atoms with Gasteiger partial charge in [0, 0.05) is 17.5 Å². The number of carboxylic acids is 1. The molecule has 0 aliphatic heterocycles. The third kappa shape index (κ3) is 13.2. The number of rotatable bonds is 21. The predicted octanol–water partition coefficient (Wildman–Crippen LogP) is 4.28. The van der Waals surface area contributed by atoms with Crippen LogP contribution in [0.1, 0.15) is 107 Å². The van der Waals surface area contributed by atoms with E-state index in [0.29, 0.717) is 29.2 Å². The van der Waals surface area contributed by atoms with Crippen LogP contribution in [-0.4, -0.2) is 82.4 Å². The van der Waals surface area contributed by atoms with Crippen LogP contribution in [0.4, 0.5) is 0 Å². The van der Waals surface area contributed by atoms with Crippen LogP contribution in [0.15, 0.2) is 34.7 Å². The minimum Gasteiger partial charge on any atom is -0.494 e. The van der Waals surface area contributed by atoms with Crippen LogP contribution < -0.4 is 20.7 Å². The van der Waals surface area contributed by atoms with Gasteiger partial charge in [-0.2, -0.15) is 0 Å². The number of unbranched alkanes of at least 4 members (excludes halogenated alkanes) is 2. The Bertz CT molecular complexity index is 1470. The average molecular weight is 703 g/mol. The third-order valence-electron chi connectivity index (χ3n) is 7.54. The van der Waals surface area contributed by atoms with E-state index in [9.17, 15) is 34.0 Å². The number of amides is 4. The molecule has 2 rings (SSSR count). The fourth-order valence-electron chi connectivity index (χ4n) is 5.15. The Morgan fingerprint density at radius 2 is 1.70 bits per heavy atom. The summed E-state index contributed by atoms with van der Waals surface area (Å²) in [5.74, 6) is -3.94. The molecule has 0 fully saturated rings. The summed E-state index contributed by atoms with van der Waals surface area (Å²) in [5, 5.41) is 27.4. The fraction of sp³-hybridized carbons (Fsp3) is 0.543. The number of benzene rings is 1. The lowest BCUT2D eigenvalue weighted by Crippen LogP contribution is -2.47. The molecule has 15 heteroatoms. The monoisotopic (exact) mass is 702 g/mol. The molecule has 1 aromatic carbocycles. The molecule has 4 amide bonds. The number of carbonyl (C=O) groups is 6. The molecule has 2 aromatic rings. The Labute approximate surface area is 292 Å². The molecule has 0 saturated heterocycles. The molecule has 0 aliphatic rings. The highest BCUT2D eigenvalue weighted by Gasteiger charge is 2.31. The van der Waals surface area contributed by atoms with Crippen LogP contribution in [-0.2, 0) is 23.9 Å². The summed E-state index contributed by atoms with van der Waals surface area (Å²) in [5.41, 5.74) is -0.416. The van der Waals surface area contributed by atoms with Gasteiger partial charge in [-0.25, -0.2) is 9.86 Å². The molecule has 0 spiro atoms. The number of carbonyl (C=O) groups excluding carboxylic acids is 5. The Morgan fingerprint density at radius 3 is 2.30 bits per heavy atom. The van der Waals surface area contributed by atoms with E-state index < -0.39 is 53.3 Å². The van der Waals surface area contributed by atoms with Gasteiger partial charge in [0.15, 0.2) is 5.76 Å². The zero-order chi connectivity index (χ0) is 37.4. The zero-order valence-corrected chi connectivity index (χ0v) is 29.6. The maximum Gasteiger partial charge on any atom is 0.329 e. The van der Waals surface area contributed by atoms with Crippen LogP contribution in [0, 0.1) is 5.92 Å². The first-order valence-corrected chi connectivity index (χ1v) is 16.8. The van der Waals surface area contributed by atoms with E-state index in [1.807, 2.05) is 6.92 Å². The van der Waals surface area contributed by atoms with E-state index in [1.54, 1.807) is 40.7 Å². The first-order valence-electron chi connectivity index (χ1n) is 16.8. The topological polar surface area (TPSA) is 214 Å². The van der Waals surface area contributed by atoms with E-state index in [2.05, 4.69) is 16.0 Å². The number of nitrogens with zero attached hydrogens (tertiary/aromatic N) is 1. The first-order chi connectivity index (χ1) is 23.6. The van der Waals surface area contributed by atoms with Gasteiger partial charge < -0.3 is 34.9 Å². The zero-order valence-electron chi connectivity index (χ0n) is 29.6. The van der Waals surface area contributed by atoms with E-state index in [0.717, 1.165) is 19.3 Å². The van der Waals surface area contributed by atoms with E-state index >= 15 is 0 Å². The number of furan rings is 1. The average Bonchev–Trinajstić information content (AvgIpc) is 3.56. The van der Waals surface area contributed by atoms with E-state index in [4.69, 9.17) is 19.0 Å². The largest absolute Gasteiger partial charge is 0.494 e. The van der Waals surface area contributed by atoms with Crippen LogP contribution in [0.2, 0.25) is 0 Å². The van der Waals surface area contributed by atoms with Crippen molar-refractivity contribution < 1.29 is 53.0 Å². The van der Waals surface area contributed by atoms with Crippen LogP contribution in [0.3, 0.4) is 0 Å². The number of hydrogen-bond donors (Lipinski definition) is 5. The number of esters is 1. The molecule has 5 N–H and O–H groups in total. The van der Waals surface area contributed by atoms with Gasteiger partial charge in [-0.05, 0) is 77.3 Å². The summed E-state index contributed by atoms with van der Waals surface area (Å²) in [7, 11) is 0. The maximum absolute atomic E-state index is 13.3. The maximum atomic E-state index is 13.3. The predicted molar refractivity (Wildman–Crippen MR) is 181 cm³/mol. The lowest BCUT2D eigenvalue weighted by molar-refractivity contribution is -0.168. The van der Waals surface area contributed by atoms with E-state index in [1.165, 1.54) is 24.3 Å². The van der Waals surface area contributed by atoms with Gasteiger partial charge in [-0.15, -0.1) is 0 Å². The summed E-state index contributed by atoms with van der Waals surface area (Å²) >= 11 is 0. The molecule has 0 saturated carbocycles. The Balaban J connectivity index is 2.21. The summed E-state index contributed by atoms with van der Waals surface area (Å²) in [6.07, 6.45) is 3.03. The lowest BCUT2D eigenvalue weighted by atomic mass is 9.90. The molecule has 0 radical (unpaired) electrons. The van der Waals surface area contributed by atoms with Gasteiger partial charge in [0.25, 0.3) is 11.8 Å². The highest BCUT2D eigenvalue weighted by Crippen LogP contribution is 2.28. The van der Waals surface area contributed by atoms with Crippen LogP contribution in [0.25, 0.3) is 11.3 Å². The third-order valence-corrected chi connectivity index (χ3v) is 7.54. The van der Waals surface area contributed by atoms with Gasteiger partial charge in [0.2, 0.25) is 12.3 Å². The molecular weight excluding hydrogens is 652 g/mol. The number of nitrogens with one attached hydrogen (secondary N) is 3. The Kier molecular flexibility index (Phi) is 16.4. The standard InChI is InChI=1S/C35H50N4O11/c1-7-10-11-12-25(27(8-2)39(47)21-40)32(44)36-20-37-33(45)29-15-14-28(49-29)22-17-23(19-24(18-22)48-9-3)31(43)38-26(13-16-30(41)42)34(46)50-35(4,5)6/h14-15,17-19,21,25-27,47H,7-13,16,20H2,1-6H3,(H,36,44)(H,37,45)(H,38,43)(H,41,42)/t25-,26+,27-/m1/s1. The summed E-state index contributed by atoms with van der Waals surface area (Å²) in [4.78, 5) is 74.5. The van der Waals surface area contributed by atoms with Gasteiger partial charge >= 0.3 is 11.9 Å². The highest BCUT2D eigenvalue weighted by atomic mass is 16.6. The van der Waals surface area contributed by atoms with Crippen molar-refractivity contribution in [1.29, 1.82) is 0 Å². The normalized spacial score (nSPS) is 12.9. The molecule has 50 heavy (non-hydrogen) atoms. The van der Waals surface area contributed by atoms with Crippen molar-refractivity contribution in [3.05, 3.63) is 41.7 Å². The molecule has 1 aromatic heterocycles. The summed E-state index contributed by atoms with van der Waals surface area (Å²) < 4.78 is 16.8. The lowest BCUT2D eigenvalue weighted by Gasteiger charge is -2.29. The minimum absolute atomic E-state index is 0.0786. The number of hydroxylamine groups is 2. The molecule has 0 aliphatic carbocycles. The van der Waals surface area contributed by atoms with Gasteiger partial charge in [0.05, 0.1) is 25.2 Å². The van der Waals surface area contributed by atoms with Gasteiger partial charge in [-0.3, -0.25) is 29.2 Å². The molecule has 0 bridgehead atoms. The molecule has 3 atom stereocenters. The van der Waals surface area contributed by atoms with Gasteiger partial charge in [0.1, 0.15) is 23.2 Å². The van der Waals surface area contributed by atoms with Crippen molar-refractivity contribution in [2.75, 3.05) is 13.3 Å². The highest BCUT2D eigenvalue weighted by molar-refractivity contribution is 5.98. The number of carboxylic acid groups (broad SMARTS) is 1.